The quantitative estimate of drug-likeness (QED) is 0.413. The molecule has 2 heterocycles. The van der Waals surface area contributed by atoms with Gasteiger partial charge in [0.2, 0.25) is 0 Å². The van der Waals surface area contributed by atoms with Crippen LogP contribution in [0.2, 0.25) is 0 Å². The molecule has 132 valence electrons. The summed E-state index contributed by atoms with van der Waals surface area (Å²) in [4.78, 5) is 4.93. The fourth-order valence-corrected chi connectivity index (χ4v) is 4.43. The summed E-state index contributed by atoms with van der Waals surface area (Å²) in [5, 5.41) is 3.16. The number of aryl methyl sites for hydroxylation is 1. The Morgan fingerprint density at radius 2 is 1.63 bits per heavy atom. The van der Waals surface area contributed by atoms with E-state index in [1.54, 1.807) is 11.3 Å². The summed E-state index contributed by atoms with van der Waals surface area (Å²) >= 11 is 1.68. The molecule has 4 aromatic rings. The second kappa shape index (κ2) is 7.01. The van der Waals surface area contributed by atoms with Gasteiger partial charge in [0.25, 0.3) is 0 Å². The monoisotopic (exact) mass is 369 g/mol. The topological polar surface area (TPSA) is 22.1 Å². The summed E-state index contributed by atoms with van der Waals surface area (Å²) in [5.41, 5.74) is 7.00. The third kappa shape index (κ3) is 3.15. The van der Waals surface area contributed by atoms with Gasteiger partial charge in [-0.25, -0.2) is 4.98 Å². The minimum atomic E-state index is 0.793. The van der Waals surface area contributed by atoms with Crippen molar-refractivity contribution in [3.8, 4) is 38.7 Å². The molecule has 0 unspecified atom stereocenters. The lowest BCUT2D eigenvalue weighted by atomic mass is 10.0. The zero-order chi connectivity index (χ0) is 18.1. The van der Waals surface area contributed by atoms with Crippen molar-refractivity contribution in [3.05, 3.63) is 83.7 Å². The fraction of sp³-hybridized carbons (Fsp3) is 0.125. The van der Waals surface area contributed by atoms with Crippen molar-refractivity contribution in [1.29, 1.82) is 0 Å². The fourth-order valence-electron chi connectivity index (χ4n) is 3.58. The maximum atomic E-state index is 5.97. The molecular formula is C24H19NOS. The molecule has 0 amide bonds. The van der Waals surface area contributed by atoms with Crippen molar-refractivity contribution in [3.63, 3.8) is 0 Å². The lowest BCUT2D eigenvalue weighted by Crippen LogP contribution is -2.09. The molecule has 0 saturated carbocycles. The Labute approximate surface area is 163 Å². The first-order valence-corrected chi connectivity index (χ1v) is 10.1. The lowest BCUT2D eigenvalue weighted by molar-refractivity contribution is 0.289. The van der Waals surface area contributed by atoms with E-state index in [-0.39, 0.29) is 0 Å². The van der Waals surface area contributed by atoms with E-state index in [1.807, 2.05) is 6.07 Å². The number of hydrogen-bond acceptors (Lipinski definition) is 3. The third-order valence-corrected chi connectivity index (χ3v) is 5.81. The van der Waals surface area contributed by atoms with Crippen molar-refractivity contribution >= 4 is 11.3 Å². The van der Waals surface area contributed by atoms with Gasteiger partial charge in [-0.05, 0) is 41.7 Å². The number of benzene rings is 3. The molecule has 2 nitrogen and oxygen atoms in total. The van der Waals surface area contributed by atoms with Crippen LogP contribution in [0.4, 0.5) is 0 Å². The standard InChI is InChI=1S/C24H19NOS/c1-2-7-17(8-3-1)19-10-4-11-20(15-19)22-16-27-24(25-22)21-13-5-9-18-12-6-14-26-23(18)21/h1-5,7-11,13,15-16H,6,12,14H2. The molecule has 3 heteroatoms. The van der Waals surface area contributed by atoms with Gasteiger partial charge in [-0.15, -0.1) is 11.3 Å². The van der Waals surface area contributed by atoms with E-state index in [2.05, 4.69) is 72.1 Å². The first-order valence-electron chi connectivity index (χ1n) is 9.25. The second-order valence-electron chi connectivity index (χ2n) is 6.73. The van der Waals surface area contributed by atoms with Crippen LogP contribution in [0.1, 0.15) is 12.0 Å². The highest BCUT2D eigenvalue weighted by atomic mass is 32.1. The van der Waals surface area contributed by atoms with Crippen LogP contribution >= 0.6 is 11.3 Å². The number of aromatic nitrogens is 1. The van der Waals surface area contributed by atoms with Gasteiger partial charge in [0.1, 0.15) is 10.8 Å². The molecule has 0 fully saturated rings. The van der Waals surface area contributed by atoms with Crippen molar-refractivity contribution in [2.75, 3.05) is 6.61 Å². The zero-order valence-corrected chi connectivity index (χ0v) is 15.7. The van der Waals surface area contributed by atoms with Gasteiger partial charge in [-0.2, -0.15) is 0 Å². The van der Waals surface area contributed by atoms with Gasteiger partial charge in [-0.1, -0.05) is 60.7 Å². The number of thiazole rings is 1. The third-order valence-electron chi connectivity index (χ3n) is 4.93. The van der Waals surface area contributed by atoms with Crippen LogP contribution in [0, 0.1) is 0 Å². The molecular weight excluding hydrogens is 350 g/mol. The highest BCUT2D eigenvalue weighted by Crippen LogP contribution is 2.39. The van der Waals surface area contributed by atoms with E-state index in [1.165, 1.54) is 16.7 Å². The zero-order valence-electron chi connectivity index (χ0n) is 14.9. The summed E-state index contributed by atoms with van der Waals surface area (Å²) < 4.78 is 5.97. The maximum absolute atomic E-state index is 5.97. The number of rotatable bonds is 3. The average Bonchev–Trinajstić information content (AvgIpc) is 3.24. The van der Waals surface area contributed by atoms with Crippen molar-refractivity contribution in [1.82, 2.24) is 4.98 Å². The predicted octanol–water partition coefficient (Wildman–Crippen LogP) is 6.47. The molecule has 3 aromatic carbocycles. The number of para-hydroxylation sites is 1. The van der Waals surface area contributed by atoms with Gasteiger partial charge in [0.05, 0.1) is 17.9 Å². The van der Waals surface area contributed by atoms with Crippen LogP contribution in [0.5, 0.6) is 5.75 Å². The van der Waals surface area contributed by atoms with Crippen LogP contribution in [-0.4, -0.2) is 11.6 Å². The largest absolute Gasteiger partial charge is 0.493 e. The van der Waals surface area contributed by atoms with Crippen LogP contribution in [0.25, 0.3) is 33.0 Å². The highest BCUT2D eigenvalue weighted by molar-refractivity contribution is 7.13. The Balaban J connectivity index is 1.52. The van der Waals surface area contributed by atoms with Crippen LogP contribution in [0.3, 0.4) is 0 Å². The van der Waals surface area contributed by atoms with Crippen LogP contribution in [0.15, 0.2) is 78.2 Å². The number of nitrogens with zero attached hydrogens (tertiary/aromatic N) is 1. The van der Waals surface area contributed by atoms with Crippen LogP contribution in [-0.2, 0) is 6.42 Å². The molecule has 0 radical (unpaired) electrons. The Morgan fingerprint density at radius 3 is 2.56 bits per heavy atom. The van der Waals surface area contributed by atoms with E-state index in [0.717, 1.165) is 47.0 Å². The van der Waals surface area contributed by atoms with Gasteiger partial charge in [0.15, 0.2) is 0 Å². The maximum Gasteiger partial charge on any atom is 0.132 e. The van der Waals surface area contributed by atoms with E-state index < -0.39 is 0 Å². The Morgan fingerprint density at radius 1 is 0.815 bits per heavy atom. The molecule has 0 saturated heterocycles. The molecule has 1 aliphatic rings. The summed E-state index contributed by atoms with van der Waals surface area (Å²) in [7, 11) is 0. The van der Waals surface area contributed by atoms with Gasteiger partial charge in [-0.3, -0.25) is 0 Å². The molecule has 27 heavy (non-hydrogen) atoms. The smallest absolute Gasteiger partial charge is 0.132 e. The number of hydrogen-bond donors (Lipinski definition) is 0. The average molecular weight is 369 g/mol. The number of ether oxygens (including phenoxy) is 1. The molecule has 1 aromatic heterocycles. The minimum absolute atomic E-state index is 0.793. The van der Waals surface area contributed by atoms with Crippen LogP contribution < -0.4 is 4.74 Å². The molecule has 1 aliphatic heterocycles. The van der Waals surface area contributed by atoms with E-state index in [0.29, 0.717) is 0 Å². The summed E-state index contributed by atoms with van der Waals surface area (Å²) in [5.74, 6) is 1.02. The second-order valence-corrected chi connectivity index (χ2v) is 7.59. The lowest BCUT2D eigenvalue weighted by Gasteiger charge is -2.19. The number of fused-ring (bicyclic) bond motifs is 1. The molecule has 0 bridgehead atoms. The molecule has 0 aliphatic carbocycles. The summed E-state index contributed by atoms with van der Waals surface area (Å²) in [6, 6.07) is 25.4. The van der Waals surface area contributed by atoms with E-state index in [9.17, 15) is 0 Å². The normalized spacial score (nSPS) is 13.0. The minimum Gasteiger partial charge on any atom is -0.493 e. The Hall–Kier alpha value is -2.91. The highest BCUT2D eigenvalue weighted by Gasteiger charge is 2.18. The molecule has 5 rings (SSSR count). The van der Waals surface area contributed by atoms with Crippen molar-refractivity contribution < 1.29 is 4.74 Å². The molecule has 0 N–H and O–H groups in total. The SMILES string of the molecule is c1ccc(-c2cccc(-c3csc(-c4cccc5c4OCCC5)n3)c2)cc1. The van der Waals surface area contributed by atoms with Crippen molar-refractivity contribution in [2.24, 2.45) is 0 Å². The van der Waals surface area contributed by atoms with Gasteiger partial charge < -0.3 is 4.74 Å². The predicted molar refractivity (Wildman–Crippen MR) is 112 cm³/mol. The van der Waals surface area contributed by atoms with Gasteiger partial charge in [0, 0.05) is 10.9 Å². The summed E-state index contributed by atoms with van der Waals surface area (Å²) in [6.45, 7) is 0.793. The van der Waals surface area contributed by atoms with Gasteiger partial charge >= 0.3 is 0 Å². The summed E-state index contributed by atoms with van der Waals surface area (Å²) in [6.07, 6.45) is 2.17. The first-order chi connectivity index (χ1) is 13.4. The Bertz CT molecular complexity index is 1080. The van der Waals surface area contributed by atoms with E-state index >= 15 is 0 Å². The Kier molecular flexibility index (Phi) is 4.23. The van der Waals surface area contributed by atoms with Crippen molar-refractivity contribution in [2.45, 2.75) is 12.8 Å². The first kappa shape index (κ1) is 16.3. The van der Waals surface area contributed by atoms with E-state index in [4.69, 9.17) is 9.72 Å². The molecule has 0 spiro atoms. The molecule has 0 atom stereocenters.